The molecule has 0 spiro atoms. The van der Waals surface area contributed by atoms with Crippen molar-refractivity contribution in [1.82, 2.24) is 0 Å². The van der Waals surface area contributed by atoms with Crippen LogP contribution in [0, 0.1) is 13.8 Å². The van der Waals surface area contributed by atoms with E-state index in [2.05, 4.69) is 5.32 Å². The van der Waals surface area contributed by atoms with Crippen molar-refractivity contribution >= 4 is 23.6 Å². The Morgan fingerprint density at radius 2 is 1.83 bits per heavy atom. The molecule has 2 aromatic rings. The molecular formula is C20H21NO3. The average Bonchev–Trinajstić information content (AvgIpc) is 2.56. The van der Waals surface area contributed by atoms with E-state index in [4.69, 9.17) is 4.74 Å². The van der Waals surface area contributed by atoms with Gasteiger partial charge < -0.3 is 10.1 Å². The number of anilines is 1. The van der Waals surface area contributed by atoms with Crippen molar-refractivity contribution in [3.8, 4) is 0 Å². The highest BCUT2D eigenvalue weighted by Crippen LogP contribution is 2.17. The highest BCUT2D eigenvalue weighted by Gasteiger charge is 2.12. The van der Waals surface area contributed by atoms with Gasteiger partial charge in [-0.1, -0.05) is 30.3 Å². The molecule has 0 aromatic heterocycles. The molecule has 0 aliphatic carbocycles. The van der Waals surface area contributed by atoms with Gasteiger partial charge in [0, 0.05) is 6.08 Å². The molecule has 2 aromatic carbocycles. The topological polar surface area (TPSA) is 55.4 Å². The average molecular weight is 323 g/mol. The van der Waals surface area contributed by atoms with Crippen LogP contribution in [0.15, 0.2) is 48.5 Å². The first-order chi connectivity index (χ1) is 11.5. The smallest absolute Gasteiger partial charge is 0.340 e. The third-order valence-corrected chi connectivity index (χ3v) is 3.64. The molecule has 0 bridgehead atoms. The molecule has 4 nitrogen and oxygen atoms in total. The fraction of sp³-hybridized carbons (Fsp3) is 0.200. The van der Waals surface area contributed by atoms with Crippen LogP contribution in [0.5, 0.6) is 0 Å². The van der Waals surface area contributed by atoms with Crippen LogP contribution in [0.3, 0.4) is 0 Å². The number of carbonyl (C=O) groups excluding carboxylic acids is 2. The molecule has 4 heteroatoms. The Hall–Kier alpha value is -2.88. The van der Waals surface area contributed by atoms with Crippen LogP contribution in [0.2, 0.25) is 0 Å². The Morgan fingerprint density at radius 1 is 1.08 bits per heavy atom. The predicted octanol–water partition coefficient (Wildman–Crippen LogP) is 4.13. The molecule has 0 heterocycles. The molecule has 124 valence electrons. The summed E-state index contributed by atoms with van der Waals surface area (Å²) in [5.74, 6) is -0.753. The van der Waals surface area contributed by atoms with E-state index in [9.17, 15) is 9.59 Å². The van der Waals surface area contributed by atoms with E-state index < -0.39 is 5.97 Å². The van der Waals surface area contributed by atoms with E-state index in [0.29, 0.717) is 11.3 Å². The van der Waals surface area contributed by atoms with Gasteiger partial charge in [0.05, 0.1) is 17.9 Å². The zero-order valence-corrected chi connectivity index (χ0v) is 14.1. The second kappa shape index (κ2) is 8.11. The van der Waals surface area contributed by atoms with E-state index in [1.807, 2.05) is 32.0 Å². The van der Waals surface area contributed by atoms with Crippen molar-refractivity contribution in [2.45, 2.75) is 20.8 Å². The monoisotopic (exact) mass is 323 g/mol. The highest BCUT2D eigenvalue weighted by molar-refractivity contribution is 6.06. The molecule has 2 rings (SSSR count). The van der Waals surface area contributed by atoms with Gasteiger partial charge in [-0.3, -0.25) is 4.79 Å². The van der Waals surface area contributed by atoms with Crippen molar-refractivity contribution in [2.75, 3.05) is 11.9 Å². The first-order valence-electron chi connectivity index (χ1n) is 7.83. The fourth-order valence-corrected chi connectivity index (χ4v) is 2.19. The third-order valence-electron chi connectivity index (χ3n) is 3.64. The number of hydrogen-bond acceptors (Lipinski definition) is 3. The van der Waals surface area contributed by atoms with E-state index in [0.717, 1.165) is 5.56 Å². The molecule has 0 atom stereocenters. The van der Waals surface area contributed by atoms with E-state index in [1.54, 1.807) is 37.3 Å². The van der Waals surface area contributed by atoms with E-state index in [1.165, 1.54) is 17.2 Å². The summed E-state index contributed by atoms with van der Waals surface area (Å²) < 4.78 is 5.00. The number of nitrogens with one attached hydrogen (secondary N) is 1. The number of amides is 1. The Kier molecular flexibility index (Phi) is 5.90. The van der Waals surface area contributed by atoms with Gasteiger partial charge in [-0.15, -0.1) is 0 Å². The van der Waals surface area contributed by atoms with Gasteiger partial charge in [-0.2, -0.15) is 0 Å². The Morgan fingerprint density at radius 3 is 2.54 bits per heavy atom. The molecule has 1 amide bonds. The molecule has 0 saturated heterocycles. The summed E-state index contributed by atoms with van der Waals surface area (Å²) in [6, 6.07) is 12.8. The highest BCUT2D eigenvalue weighted by atomic mass is 16.5. The van der Waals surface area contributed by atoms with Crippen molar-refractivity contribution in [3.63, 3.8) is 0 Å². The van der Waals surface area contributed by atoms with E-state index >= 15 is 0 Å². The number of para-hydroxylation sites is 1. The Labute approximate surface area is 142 Å². The first kappa shape index (κ1) is 17.5. The number of benzene rings is 2. The van der Waals surface area contributed by atoms with Crippen LogP contribution in [-0.4, -0.2) is 18.5 Å². The van der Waals surface area contributed by atoms with Gasteiger partial charge in [0.2, 0.25) is 5.91 Å². The number of esters is 1. The number of rotatable bonds is 5. The first-order valence-corrected chi connectivity index (χ1v) is 7.83. The van der Waals surface area contributed by atoms with Gasteiger partial charge in [0.15, 0.2) is 0 Å². The minimum atomic E-state index is -0.452. The summed E-state index contributed by atoms with van der Waals surface area (Å²) in [7, 11) is 0. The fourth-order valence-electron chi connectivity index (χ4n) is 2.19. The number of hydrogen-bond donors (Lipinski definition) is 1. The van der Waals surface area contributed by atoms with Crippen molar-refractivity contribution in [3.05, 3.63) is 70.8 Å². The SMILES string of the molecule is CCOC(=O)c1ccccc1NC(=O)/C=C/c1ccc(C)c(C)c1. The number of aryl methyl sites for hydroxylation is 2. The van der Waals surface area contributed by atoms with Crippen LogP contribution in [0.4, 0.5) is 5.69 Å². The van der Waals surface area contributed by atoms with Gasteiger partial charge in [-0.05, 0) is 55.7 Å². The second-order valence-corrected chi connectivity index (χ2v) is 5.43. The molecular weight excluding hydrogens is 302 g/mol. The standard InChI is InChI=1S/C20H21NO3/c1-4-24-20(23)17-7-5-6-8-18(17)21-19(22)12-11-16-10-9-14(2)15(3)13-16/h5-13H,4H2,1-3H3,(H,21,22)/b12-11+. The van der Waals surface area contributed by atoms with Crippen LogP contribution in [-0.2, 0) is 9.53 Å². The van der Waals surface area contributed by atoms with Crippen molar-refractivity contribution in [2.24, 2.45) is 0 Å². The summed E-state index contributed by atoms with van der Waals surface area (Å²) in [6.07, 6.45) is 3.20. The molecule has 0 saturated carbocycles. The maximum Gasteiger partial charge on any atom is 0.340 e. The molecule has 24 heavy (non-hydrogen) atoms. The van der Waals surface area contributed by atoms with Gasteiger partial charge in [-0.25, -0.2) is 4.79 Å². The molecule has 1 N–H and O–H groups in total. The van der Waals surface area contributed by atoms with Crippen LogP contribution < -0.4 is 5.32 Å². The summed E-state index contributed by atoms with van der Waals surface area (Å²) in [5, 5.41) is 2.72. The summed E-state index contributed by atoms with van der Waals surface area (Å²) in [6.45, 7) is 6.10. The van der Waals surface area contributed by atoms with Gasteiger partial charge in [0.25, 0.3) is 0 Å². The Balaban J connectivity index is 2.11. The lowest BCUT2D eigenvalue weighted by Gasteiger charge is -2.08. The normalized spacial score (nSPS) is 10.6. The summed E-state index contributed by atoms with van der Waals surface area (Å²) >= 11 is 0. The predicted molar refractivity (Wildman–Crippen MR) is 96.0 cm³/mol. The third kappa shape index (κ3) is 4.56. The molecule has 0 unspecified atom stereocenters. The minimum absolute atomic E-state index is 0.286. The molecule has 0 fully saturated rings. The van der Waals surface area contributed by atoms with Crippen LogP contribution in [0.25, 0.3) is 6.08 Å². The lowest BCUT2D eigenvalue weighted by Crippen LogP contribution is -2.13. The largest absolute Gasteiger partial charge is 0.462 e. The van der Waals surface area contributed by atoms with Crippen molar-refractivity contribution in [1.29, 1.82) is 0 Å². The quantitative estimate of drug-likeness (QED) is 0.665. The number of ether oxygens (including phenoxy) is 1. The number of carbonyl (C=O) groups is 2. The maximum atomic E-state index is 12.1. The maximum absolute atomic E-state index is 12.1. The van der Waals surface area contributed by atoms with Crippen LogP contribution >= 0.6 is 0 Å². The lowest BCUT2D eigenvalue weighted by molar-refractivity contribution is -0.111. The summed E-state index contributed by atoms with van der Waals surface area (Å²) in [4.78, 5) is 24.0. The minimum Gasteiger partial charge on any atom is -0.462 e. The molecule has 0 radical (unpaired) electrons. The van der Waals surface area contributed by atoms with Crippen LogP contribution in [0.1, 0.15) is 34.0 Å². The van der Waals surface area contributed by atoms with Gasteiger partial charge in [0.1, 0.15) is 0 Å². The summed E-state index contributed by atoms with van der Waals surface area (Å²) in [5.41, 5.74) is 4.11. The Bertz CT molecular complexity index is 778. The van der Waals surface area contributed by atoms with E-state index in [-0.39, 0.29) is 12.5 Å². The molecule has 0 aliphatic rings. The van der Waals surface area contributed by atoms with Gasteiger partial charge >= 0.3 is 5.97 Å². The zero-order chi connectivity index (χ0) is 17.5. The lowest BCUT2D eigenvalue weighted by atomic mass is 10.1. The zero-order valence-electron chi connectivity index (χ0n) is 14.1. The molecule has 0 aliphatic heterocycles. The second-order valence-electron chi connectivity index (χ2n) is 5.43. The van der Waals surface area contributed by atoms with Crippen molar-refractivity contribution < 1.29 is 14.3 Å².